The van der Waals surface area contributed by atoms with Crippen LogP contribution in [0.15, 0.2) is 0 Å². The molecule has 0 fully saturated rings. The van der Waals surface area contributed by atoms with E-state index in [4.69, 9.17) is 21.8 Å². The van der Waals surface area contributed by atoms with E-state index in [1.165, 1.54) is 0 Å². The van der Waals surface area contributed by atoms with E-state index in [9.17, 15) is 24.6 Å². The molecule has 0 unspecified atom stereocenters. The Kier molecular flexibility index (Phi) is 5.12. The van der Waals surface area contributed by atoms with Crippen molar-refractivity contribution < 1.29 is 46.4 Å². The number of aliphatic hydroxyl groups excluding tert-OH is 4. The number of carboxylic acids is 1. The molecule has 0 aliphatic heterocycles. The summed E-state index contributed by atoms with van der Waals surface area (Å²) >= 11 is 0. The molecule has 9 heteroatoms. The van der Waals surface area contributed by atoms with Crippen LogP contribution in [0.5, 0.6) is 0 Å². The van der Waals surface area contributed by atoms with Crippen LogP contribution in [0.25, 0.3) is 0 Å². The minimum absolute atomic E-state index is 1.06. The molecule has 0 spiro atoms. The topological polar surface area (TPSA) is 173 Å². The van der Waals surface area contributed by atoms with Crippen molar-refractivity contribution in [1.82, 2.24) is 0 Å². The van der Waals surface area contributed by atoms with E-state index in [1.54, 1.807) is 0 Å². The third-order valence-electron chi connectivity index (χ3n) is 1.82. The Hall–Kier alpha value is -1.39. The average Bonchev–Trinajstić information content (AvgIpc) is 2.33. The molecule has 0 aromatic heterocycles. The maximum Gasteiger partial charge on any atom is 0.380 e. The number of carboxylic acid groups (broad SMARTS) is 1. The monoisotopic (exact) mass is 253 g/mol. The van der Waals surface area contributed by atoms with Crippen LogP contribution in [0.4, 0.5) is 0 Å². The molecule has 0 rings (SSSR count). The van der Waals surface area contributed by atoms with Crippen LogP contribution in [0.1, 0.15) is 1.37 Å². The number of aliphatic hydroxyl groups is 5. The molecule has 0 radical (unpaired) electrons. The van der Waals surface area contributed by atoms with Crippen LogP contribution in [0, 0.1) is 0 Å². The van der Waals surface area contributed by atoms with Gasteiger partial charge in [-0.2, -0.15) is 0 Å². The van der Waals surface area contributed by atoms with Crippen LogP contribution >= 0.6 is 0 Å². The normalized spacial score (nSPS) is 20.6. The highest BCUT2D eigenvalue weighted by atomic mass is 16.4. The van der Waals surface area contributed by atoms with Gasteiger partial charge in [-0.25, -0.2) is 4.79 Å². The summed E-state index contributed by atoms with van der Waals surface area (Å²) in [6.07, 6.45) is -10.7. The smallest absolute Gasteiger partial charge is 0.380 e. The number of carbonyl (C=O) groups excluding carboxylic acids is 2. The fraction of sp³-hybridized carbons (Fsp3) is 0.625. The molecule has 0 saturated carbocycles. The second-order valence-electron chi connectivity index (χ2n) is 3.03. The summed E-state index contributed by atoms with van der Waals surface area (Å²) < 4.78 is 6.98. The largest absolute Gasteiger partial charge is 0.475 e. The third kappa shape index (κ3) is 3.84. The summed E-state index contributed by atoms with van der Waals surface area (Å²) in [5.41, 5.74) is 0. The number of hydrogen-bond donors (Lipinski definition) is 6. The summed E-state index contributed by atoms with van der Waals surface area (Å²) in [6.45, 7) is -1.06. The lowest BCUT2D eigenvalue weighted by Gasteiger charge is -2.24. The van der Waals surface area contributed by atoms with Gasteiger partial charge in [0.2, 0.25) is 5.78 Å². The SMILES string of the molecule is [2H][C@@](O)(C(=O)C(=O)C(=O)O)[C@@H](O)[C@H](O)[C@H](O)CO. The van der Waals surface area contributed by atoms with Gasteiger partial charge in [-0.1, -0.05) is 0 Å². The molecule has 6 N–H and O–H groups in total. The van der Waals surface area contributed by atoms with Crippen molar-refractivity contribution in [2.45, 2.75) is 24.4 Å². The minimum Gasteiger partial charge on any atom is -0.475 e. The van der Waals surface area contributed by atoms with Crippen molar-refractivity contribution in [3.05, 3.63) is 0 Å². The predicted octanol–water partition coefficient (Wildman–Crippen LogP) is -4.35. The van der Waals surface area contributed by atoms with Gasteiger partial charge >= 0.3 is 11.8 Å². The fourth-order valence-electron chi connectivity index (χ4n) is 0.828. The standard InChI is InChI=1S/C8H12O9/c9-1-2(10)3(11)4(12)5(13)6(14)7(15)8(16)17/h2-5,9-13H,1H2,(H,16,17)/t2-,3-,4+,5+/m1/s1/i5D. The molecule has 0 aromatic rings. The minimum atomic E-state index is -3.66. The molecule has 0 heterocycles. The highest BCUT2D eigenvalue weighted by Crippen LogP contribution is 2.06. The Morgan fingerprint density at radius 2 is 1.53 bits per heavy atom. The van der Waals surface area contributed by atoms with Crippen molar-refractivity contribution in [2.75, 3.05) is 6.61 Å². The fourth-order valence-corrected chi connectivity index (χ4v) is 0.828. The van der Waals surface area contributed by atoms with Gasteiger partial charge < -0.3 is 30.6 Å². The zero-order valence-electron chi connectivity index (χ0n) is 9.35. The van der Waals surface area contributed by atoms with E-state index in [1.807, 2.05) is 0 Å². The number of hydrogen-bond acceptors (Lipinski definition) is 8. The number of ketones is 2. The number of aliphatic carboxylic acids is 1. The molecule has 0 saturated heterocycles. The number of carbonyl (C=O) groups is 3. The predicted molar refractivity (Wildman–Crippen MR) is 48.8 cm³/mol. The van der Waals surface area contributed by atoms with E-state index in [-0.39, 0.29) is 0 Å². The number of rotatable bonds is 7. The van der Waals surface area contributed by atoms with Crippen molar-refractivity contribution in [3.63, 3.8) is 0 Å². The van der Waals surface area contributed by atoms with Crippen molar-refractivity contribution in [2.24, 2.45) is 0 Å². The van der Waals surface area contributed by atoms with Gasteiger partial charge in [0.1, 0.15) is 24.4 Å². The van der Waals surface area contributed by atoms with Crippen LogP contribution < -0.4 is 0 Å². The Bertz CT molecular complexity index is 352. The maximum atomic E-state index is 11.1. The molecule has 9 nitrogen and oxygen atoms in total. The second-order valence-corrected chi connectivity index (χ2v) is 3.03. The van der Waals surface area contributed by atoms with E-state index < -0.39 is 48.5 Å². The van der Waals surface area contributed by atoms with Gasteiger partial charge in [0, 0.05) is 0 Å². The molecular weight excluding hydrogens is 240 g/mol. The summed E-state index contributed by atoms with van der Waals surface area (Å²) in [6, 6.07) is 0. The Balaban J connectivity index is 5.08. The zero-order valence-corrected chi connectivity index (χ0v) is 8.35. The highest BCUT2D eigenvalue weighted by Gasteiger charge is 2.38. The van der Waals surface area contributed by atoms with Crippen LogP contribution in [0.2, 0.25) is 0 Å². The van der Waals surface area contributed by atoms with Gasteiger partial charge in [-0.3, -0.25) is 9.59 Å². The Morgan fingerprint density at radius 1 is 1.06 bits per heavy atom. The van der Waals surface area contributed by atoms with Crippen LogP contribution in [0.3, 0.4) is 0 Å². The van der Waals surface area contributed by atoms with Crippen molar-refractivity contribution >= 4 is 17.5 Å². The summed E-state index contributed by atoms with van der Waals surface area (Å²) in [4.78, 5) is 32.0. The van der Waals surface area contributed by atoms with Crippen molar-refractivity contribution in [1.29, 1.82) is 0 Å². The molecular formula is C8H12O9. The Labute approximate surface area is 95.9 Å². The highest BCUT2D eigenvalue weighted by molar-refractivity contribution is 6.62. The van der Waals surface area contributed by atoms with Gasteiger partial charge in [0.25, 0.3) is 0 Å². The second kappa shape index (κ2) is 6.37. The molecule has 4 atom stereocenters. The first-order valence-electron chi connectivity index (χ1n) is 4.76. The lowest BCUT2D eigenvalue weighted by atomic mass is 9.98. The molecule has 0 amide bonds. The molecule has 98 valence electrons. The maximum absolute atomic E-state index is 11.1. The number of Topliss-reactive ketones (excluding diaryl/α,β-unsaturated/α-hetero) is 2. The van der Waals surface area contributed by atoms with Crippen molar-refractivity contribution in [3.8, 4) is 0 Å². The van der Waals surface area contributed by atoms with Gasteiger partial charge in [0.05, 0.1) is 7.98 Å². The average molecular weight is 253 g/mol. The summed E-state index contributed by atoms with van der Waals surface area (Å²) in [5, 5.41) is 53.1. The van der Waals surface area contributed by atoms with Crippen LogP contribution in [-0.2, 0) is 14.4 Å². The molecule has 0 aromatic carbocycles. The Morgan fingerprint density at radius 3 is 1.88 bits per heavy atom. The zero-order chi connectivity index (χ0) is 14.7. The lowest BCUT2D eigenvalue weighted by Crippen LogP contribution is -2.51. The molecule has 0 aliphatic rings. The first-order valence-corrected chi connectivity index (χ1v) is 4.26. The van der Waals surface area contributed by atoms with E-state index in [0.717, 1.165) is 0 Å². The van der Waals surface area contributed by atoms with E-state index >= 15 is 0 Å². The van der Waals surface area contributed by atoms with Crippen LogP contribution in [-0.4, -0.2) is 79.2 Å². The quantitative estimate of drug-likeness (QED) is 0.193. The molecule has 0 bridgehead atoms. The molecule has 17 heavy (non-hydrogen) atoms. The molecule has 0 aliphatic carbocycles. The first kappa shape index (κ1) is 13.7. The van der Waals surface area contributed by atoms with Gasteiger partial charge in [0.15, 0.2) is 0 Å². The van der Waals surface area contributed by atoms with E-state index in [2.05, 4.69) is 0 Å². The third-order valence-corrected chi connectivity index (χ3v) is 1.82. The van der Waals surface area contributed by atoms with Gasteiger partial charge in [-0.05, 0) is 0 Å². The van der Waals surface area contributed by atoms with Gasteiger partial charge in [-0.15, -0.1) is 0 Å². The summed E-state index contributed by atoms with van der Waals surface area (Å²) in [5.74, 6) is -6.61. The summed E-state index contributed by atoms with van der Waals surface area (Å²) in [7, 11) is 0. The van der Waals surface area contributed by atoms with E-state index in [0.29, 0.717) is 0 Å². The first-order chi connectivity index (χ1) is 8.07. The lowest BCUT2D eigenvalue weighted by molar-refractivity contribution is -0.161.